The molecule has 1 unspecified atom stereocenters. The fourth-order valence-corrected chi connectivity index (χ4v) is 3.05. The summed E-state index contributed by atoms with van der Waals surface area (Å²) in [6.07, 6.45) is 8.70. The first-order chi connectivity index (χ1) is 10.2. The van der Waals surface area contributed by atoms with Crippen LogP contribution in [0.15, 0.2) is 0 Å². The van der Waals surface area contributed by atoms with Gasteiger partial charge in [-0.15, -0.1) is 0 Å². The Morgan fingerprint density at radius 3 is 2.52 bits per heavy atom. The highest BCUT2D eigenvalue weighted by molar-refractivity contribution is 5.81. The van der Waals surface area contributed by atoms with Crippen LogP contribution in [0, 0.1) is 5.92 Å². The van der Waals surface area contributed by atoms with E-state index in [9.17, 15) is 4.79 Å². The molecule has 0 aromatic heterocycles. The second kappa shape index (κ2) is 8.74. The summed E-state index contributed by atoms with van der Waals surface area (Å²) in [7, 11) is 0. The first-order valence-corrected chi connectivity index (χ1v) is 8.95. The first kappa shape index (κ1) is 16.8. The van der Waals surface area contributed by atoms with Gasteiger partial charge >= 0.3 is 0 Å². The highest BCUT2D eigenvalue weighted by Gasteiger charge is 2.27. The van der Waals surface area contributed by atoms with Crippen molar-refractivity contribution in [1.82, 2.24) is 15.5 Å². The van der Waals surface area contributed by atoms with E-state index in [4.69, 9.17) is 0 Å². The van der Waals surface area contributed by atoms with Crippen LogP contribution in [0.5, 0.6) is 0 Å². The predicted molar refractivity (Wildman–Crippen MR) is 87.3 cm³/mol. The van der Waals surface area contributed by atoms with Gasteiger partial charge in [0.1, 0.15) is 0 Å². The summed E-state index contributed by atoms with van der Waals surface area (Å²) < 4.78 is 0. The third-order valence-electron chi connectivity index (χ3n) is 4.93. The van der Waals surface area contributed by atoms with Gasteiger partial charge in [0.15, 0.2) is 0 Å². The van der Waals surface area contributed by atoms with E-state index in [1.165, 1.54) is 45.1 Å². The van der Waals surface area contributed by atoms with Crippen LogP contribution in [0.4, 0.5) is 0 Å². The van der Waals surface area contributed by atoms with E-state index < -0.39 is 0 Å². The number of likely N-dealkylation sites (tertiary alicyclic amines) is 1. The van der Waals surface area contributed by atoms with Gasteiger partial charge in [0.25, 0.3) is 0 Å². The Morgan fingerprint density at radius 1 is 1.19 bits per heavy atom. The number of unbranched alkanes of at least 4 members (excludes halogenated alkanes) is 2. The number of carbonyl (C=O) groups is 1. The molecule has 0 aromatic carbocycles. The second-order valence-corrected chi connectivity index (χ2v) is 6.84. The molecule has 0 aromatic rings. The van der Waals surface area contributed by atoms with E-state index in [2.05, 4.69) is 22.5 Å². The SMILES string of the molecule is CCCCCNC(=O)C(C)N1CCC(NCC2CC2)CC1. The monoisotopic (exact) mass is 295 g/mol. The lowest BCUT2D eigenvalue weighted by Crippen LogP contribution is -2.51. The van der Waals surface area contributed by atoms with Gasteiger partial charge in [-0.2, -0.15) is 0 Å². The molecule has 2 fully saturated rings. The molecule has 4 nitrogen and oxygen atoms in total. The Hall–Kier alpha value is -0.610. The van der Waals surface area contributed by atoms with Crippen molar-refractivity contribution in [2.75, 3.05) is 26.2 Å². The van der Waals surface area contributed by atoms with Gasteiger partial charge in [0.2, 0.25) is 5.91 Å². The normalized spacial score (nSPS) is 22.2. The van der Waals surface area contributed by atoms with Crippen molar-refractivity contribution in [1.29, 1.82) is 0 Å². The summed E-state index contributed by atoms with van der Waals surface area (Å²) in [5.74, 6) is 1.16. The number of nitrogens with one attached hydrogen (secondary N) is 2. The van der Waals surface area contributed by atoms with Crippen LogP contribution < -0.4 is 10.6 Å². The number of amides is 1. The van der Waals surface area contributed by atoms with Crippen LogP contribution in [0.1, 0.15) is 58.8 Å². The topological polar surface area (TPSA) is 44.4 Å². The zero-order chi connectivity index (χ0) is 15.1. The molecule has 0 spiro atoms. The summed E-state index contributed by atoms with van der Waals surface area (Å²) in [5, 5.41) is 6.77. The molecular formula is C17H33N3O. The average molecular weight is 295 g/mol. The zero-order valence-corrected chi connectivity index (χ0v) is 13.9. The molecule has 1 aliphatic heterocycles. The number of hydrogen-bond acceptors (Lipinski definition) is 3. The Balaban J connectivity index is 1.59. The Labute approximate surface area is 130 Å². The molecule has 21 heavy (non-hydrogen) atoms. The third-order valence-corrected chi connectivity index (χ3v) is 4.93. The molecule has 2 N–H and O–H groups in total. The van der Waals surface area contributed by atoms with Crippen LogP contribution >= 0.6 is 0 Å². The Bertz CT molecular complexity index is 309. The smallest absolute Gasteiger partial charge is 0.237 e. The van der Waals surface area contributed by atoms with Crippen molar-refractivity contribution in [3.05, 3.63) is 0 Å². The number of piperidine rings is 1. The summed E-state index contributed by atoms with van der Waals surface area (Å²) >= 11 is 0. The minimum atomic E-state index is 0.0241. The van der Waals surface area contributed by atoms with Gasteiger partial charge in [0, 0.05) is 25.7 Å². The third kappa shape index (κ3) is 5.95. The number of nitrogens with zero attached hydrogens (tertiary/aromatic N) is 1. The molecule has 122 valence electrons. The molecule has 2 rings (SSSR count). The molecule has 2 aliphatic rings. The van der Waals surface area contributed by atoms with Crippen molar-refractivity contribution in [2.24, 2.45) is 5.92 Å². The van der Waals surface area contributed by atoms with Gasteiger partial charge in [-0.3, -0.25) is 9.69 Å². The van der Waals surface area contributed by atoms with Crippen LogP contribution in [-0.4, -0.2) is 49.1 Å². The molecule has 4 heteroatoms. The average Bonchev–Trinajstić information content (AvgIpc) is 3.33. The van der Waals surface area contributed by atoms with Crippen LogP contribution in [0.25, 0.3) is 0 Å². The van der Waals surface area contributed by atoms with Crippen molar-refractivity contribution >= 4 is 5.91 Å². The van der Waals surface area contributed by atoms with E-state index in [1.807, 2.05) is 6.92 Å². The van der Waals surface area contributed by atoms with E-state index in [0.29, 0.717) is 6.04 Å². The van der Waals surface area contributed by atoms with Crippen molar-refractivity contribution in [3.8, 4) is 0 Å². The maximum absolute atomic E-state index is 12.1. The largest absolute Gasteiger partial charge is 0.355 e. The maximum atomic E-state index is 12.1. The van der Waals surface area contributed by atoms with Crippen molar-refractivity contribution < 1.29 is 4.79 Å². The van der Waals surface area contributed by atoms with Gasteiger partial charge < -0.3 is 10.6 Å². The molecule has 1 aliphatic carbocycles. The molecule has 0 radical (unpaired) electrons. The second-order valence-electron chi connectivity index (χ2n) is 6.84. The highest BCUT2D eigenvalue weighted by atomic mass is 16.2. The minimum Gasteiger partial charge on any atom is -0.355 e. The molecule has 0 bridgehead atoms. The van der Waals surface area contributed by atoms with Crippen molar-refractivity contribution in [2.45, 2.75) is 70.9 Å². The summed E-state index contributed by atoms with van der Waals surface area (Å²) in [6.45, 7) is 8.37. The summed E-state index contributed by atoms with van der Waals surface area (Å²) in [4.78, 5) is 14.5. The lowest BCUT2D eigenvalue weighted by Gasteiger charge is -2.35. The summed E-state index contributed by atoms with van der Waals surface area (Å²) in [6, 6.07) is 0.692. The maximum Gasteiger partial charge on any atom is 0.237 e. The zero-order valence-electron chi connectivity index (χ0n) is 13.9. The molecule has 1 saturated carbocycles. The fraction of sp³-hybridized carbons (Fsp3) is 0.941. The van der Waals surface area contributed by atoms with Gasteiger partial charge in [0.05, 0.1) is 6.04 Å². The molecule has 1 heterocycles. The van der Waals surface area contributed by atoms with Crippen molar-refractivity contribution in [3.63, 3.8) is 0 Å². The van der Waals surface area contributed by atoms with Gasteiger partial charge in [-0.1, -0.05) is 19.8 Å². The van der Waals surface area contributed by atoms with Gasteiger partial charge in [-0.05, 0) is 51.5 Å². The molecular weight excluding hydrogens is 262 g/mol. The summed E-state index contributed by atoms with van der Waals surface area (Å²) in [5.41, 5.74) is 0. The predicted octanol–water partition coefficient (Wildman–Crippen LogP) is 2.15. The lowest BCUT2D eigenvalue weighted by molar-refractivity contribution is -0.126. The molecule has 1 atom stereocenters. The number of rotatable bonds is 9. The van der Waals surface area contributed by atoms with Crippen LogP contribution in [0.3, 0.4) is 0 Å². The number of hydrogen-bond donors (Lipinski definition) is 2. The Morgan fingerprint density at radius 2 is 1.90 bits per heavy atom. The standard InChI is InChI=1S/C17H33N3O/c1-3-4-5-10-18-17(21)14(2)20-11-8-16(9-12-20)19-13-15-6-7-15/h14-16,19H,3-13H2,1-2H3,(H,18,21). The van der Waals surface area contributed by atoms with Crippen LogP contribution in [0.2, 0.25) is 0 Å². The van der Waals surface area contributed by atoms with E-state index in [1.54, 1.807) is 0 Å². The quantitative estimate of drug-likeness (QED) is 0.641. The Kier molecular flexibility index (Phi) is 6.97. The first-order valence-electron chi connectivity index (χ1n) is 8.95. The van der Waals surface area contributed by atoms with E-state index in [0.717, 1.165) is 32.0 Å². The lowest BCUT2D eigenvalue weighted by atomic mass is 10.0. The highest BCUT2D eigenvalue weighted by Crippen LogP contribution is 2.28. The number of carbonyl (C=O) groups excluding carboxylic acids is 1. The molecule has 1 saturated heterocycles. The minimum absolute atomic E-state index is 0.0241. The molecule has 1 amide bonds. The van der Waals surface area contributed by atoms with E-state index in [-0.39, 0.29) is 11.9 Å². The van der Waals surface area contributed by atoms with E-state index >= 15 is 0 Å². The van der Waals surface area contributed by atoms with Gasteiger partial charge in [-0.25, -0.2) is 0 Å². The fourth-order valence-electron chi connectivity index (χ4n) is 3.05. The van der Waals surface area contributed by atoms with Crippen LogP contribution in [-0.2, 0) is 4.79 Å².